The Balaban J connectivity index is 1.78. The SMILES string of the molecule is CC1OC(OC2C(OC3C(O)OC(CO)C(O)C3O)OC(C)C(O)C2O)C(O)C(O)C1O. The predicted octanol–water partition coefficient (Wildman–Crippen LogP) is -5.52. The van der Waals surface area contributed by atoms with E-state index in [2.05, 4.69) is 0 Å². The average molecular weight is 472 g/mol. The van der Waals surface area contributed by atoms with E-state index in [1.807, 2.05) is 0 Å². The second-order valence-electron chi connectivity index (χ2n) is 8.30. The molecule has 0 aromatic heterocycles. The number of rotatable bonds is 5. The minimum Gasteiger partial charge on any atom is -0.394 e. The molecule has 0 bridgehead atoms. The van der Waals surface area contributed by atoms with Crippen molar-refractivity contribution < 1.29 is 69.6 Å². The Kier molecular flexibility index (Phi) is 8.44. The third kappa shape index (κ3) is 4.94. The molecule has 0 radical (unpaired) electrons. The number of aliphatic hydroxyl groups is 9. The Bertz CT molecular complexity index is 610. The molecular formula is C18H32O14. The summed E-state index contributed by atoms with van der Waals surface area (Å²) in [5.74, 6) is 0. The highest BCUT2D eigenvalue weighted by Gasteiger charge is 2.52. The van der Waals surface area contributed by atoms with Gasteiger partial charge in [0.15, 0.2) is 18.9 Å². The molecule has 3 heterocycles. The fraction of sp³-hybridized carbons (Fsp3) is 1.00. The topological polar surface area (TPSA) is 228 Å². The van der Waals surface area contributed by atoms with Gasteiger partial charge in [-0.2, -0.15) is 0 Å². The molecule has 3 aliphatic rings. The summed E-state index contributed by atoms with van der Waals surface area (Å²) in [5.41, 5.74) is 0. The molecular weight excluding hydrogens is 440 g/mol. The Morgan fingerprint density at radius 1 is 0.562 bits per heavy atom. The van der Waals surface area contributed by atoms with Crippen LogP contribution in [0.5, 0.6) is 0 Å². The van der Waals surface area contributed by atoms with Gasteiger partial charge in [0.2, 0.25) is 0 Å². The molecule has 0 spiro atoms. The van der Waals surface area contributed by atoms with E-state index in [0.717, 1.165) is 0 Å². The first-order valence-corrected chi connectivity index (χ1v) is 10.3. The molecule has 3 aliphatic heterocycles. The zero-order chi connectivity index (χ0) is 23.9. The average Bonchev–Trinajstić information content (AvgIpc) is 2.76. The molecule has 14 nitrogen and oxygen atoms in total. The van der Waals surface area contributed by atoms with E-state index in [4.69, 9.17) is 23.7 Å². The van der Waals surface area contributed by atoms with Gasteiger partial charge >= 0.3 is 0 Å². The lowest BCUT2D eigenvalue weighted by molar-refractivity contribution is -0.387. The van der Waals surface area contributed by atoms with Crippen LogP contribution in [0.2, 0.25) is 0 Å². The second-order valence-corrected chi connectivity index (χ2v) is 8.30. The second kappa shape index (κ2) is 10.4. The normalized spacial score (nSPS) is 55.0. The highest BCUT2D eigenvalue weighted by Crippen LogP contribution is 2.32. The number of hydrogen-bond donors (Lipinski definition) is 9. The third-order valence-corrected chi connectivity index (χ3v) is 6.02. The van der Waals surface area contributed by atoms with Crippen LogP contribution in [0.3, 0.4) is 0 Å². The van der Waals surface area contributed by atoms with Crippen molar-refractivity contribution in [3.05, 3.63) is 0 Å². The molecule has 14 heteroatoms. The van der Waals surface area contributed by atoms with Crippen LogP contribution >= 0.6 is 0 Å². The van der Waals surface area contributed by atoms with Gasteiger partial charge in [-0.1, -0.05) is 0 Å². The van der Waals surface area contributed by atoms with E-state index in [1.54, 1.807) is 0 Å². The molecule has 0 saturated carbocycles. The molecule has 3 rings (SSSR count). The Morgan fingerprint density at radius 2 is 1.06 bits per heavy atom. The summed E-state index contributed by atoms with van der Waals surface area (Å²) in [6, 6.07) is 0. The zero-order valence-corrected chi connectivity index (χ0v) is 17.4. The maximum atomic E-state index is 10.5. The van der Waals surface area contributed by atoms with Crippen LogP contribution in [0.25, 0.3) is 0 Å². The van der Waals surface area contributed by atoms with Crippen molar-refractivity contribution in [2.24, 2.45) is 0 Å². The summed E-state index contributed by atoms with van der Waals surface area (Å²) in [6.45, 7) is 2.15. The minimum absolute atomic E-state index is 0.682. The fourth-order valence-corrected chi connectivity index (χ4v) is 3.91. The lowest BCUT2D eigenvalue weighted by atomic mass is 9.97. The highest BCUT2D eigenvalue weighted by atomic mass is 16.8. The van der Waals surface area contributed by atoms with Crippen molar-refractivity contribution >= 4 is 0 Å². The lowest BCUT2D eigenvalue weighted by Crippen LogP contribution is -2.65. The summed E-state index contributed by atoms with van der Waals surface area (Å²) in [5, 5.41) is 90.5. The molecule has 0 aliphatic carbocycles. The van der Waals surface area contributed by atoms with Crippen molar-refractivity contribution in [2.45, 2.75) is 106 Å². The van der Waals surface area contributed by atoms with Crippen molar-refractivity contribution in [2.75, 3.05) is 6.61 Å². The molecule has 9 N–H and O–H groups in total. The highest BCUT2D eigenvalue weighted by molar-refractivity contribution is 4.94. The van der Waals surface area contributed by atoms with Crippen molar-refractivity contribution in [1.29, 1.82) is 0 Å². The zero-order valence-electron chi connectivity index (χ0n) is 17.4. The van der Waals surface area contributed by atoms with Gasteiger partial charge in [0.25, 0.3) is 0 Å². The van der Waals surface area contributed by atoms with E-state index in [9.17, 15) is 46.0 Å². The van der Waals surface area contributed by atoms with Gasteiger partial charge in [-0.25, -0.2) is 0 Å². The van der Waals surface area contributed by atoms with Crippen molar-refractivity contribution in [3.8, 4) is 0 Å². The lowest BCUT2D eigenvalue weighted by Gasteiger charge is -2.47. The molecule has 3 saturated heterocycles. The number of aliphatic hydroxyl groups excluding tert-OH is 9. The summed E-state index contributed by atoms with van der Waals surface area (Å²) >= 11 is 0. The van der Waals surface area contributed by atoms with Gasteiger partial charge in [0.1, 0.15) is 61.0 Å². The standard InChI is InChI=1S/C18H32O14/c1-4-7(20)10(23)13(26)17(28-4)32-15-11(24)8(21)5(2)29-18(15)31-14-12(25)9(22)6(3-19)30-16(14)27/h4-27H,3H2,1-2H3. The van der Waals surface area contributed by atoms with Gasteiger partial charge in [-0.15, -0.1) is 0 Å². The van der Waals surface area contributed by atoms with E-state index < -0.39 is 98.7 Å². The van der Waals surface area contributed by atoms with Gasteiger partial charge in [-0.3, -0.25) is 0 Å². The fourth-order valence-electron chi connectivity index (χ4n) is 3.91. The van der Waals surface area contributed by atoms with Crippen LogP contribution in [-0.2, 0) is 23.7 Å². The minimum atomic E-state index is -1.80. The Hall–Kier alpha value is -0.560. The summed E-state index contributed by atoms with van der Waals surface area (Å²) in [6.07, 6.45) is -22.6. The monoisotopic (exact) mass is 472 g/mol. The summed E-state index contributed by atoms with van der Waals surface area (Å²) in [4.78, 5) is 0. The quantitative estimate of drug-likeness (QED) is 0.182. The van der Waals surface area contributed by atoms with E-state index in [-0.39, 0.29) is 0 Å². The largest absolute Gasteiger partial charge is 0.394 e. The Labute approximate surface area is 183 Å². The maximum Gasteiger partial charge on any atom is 0.187 e. The van der Waals surface area contributed by atoms with Crippen molar-refractivity contribution in [3.63, 3.8) is 0 Å². The Morgan fingerprint density at radius 3 is 1.66 bits per heavy atom. The number of hydrogen-bond acceptors (Lipinski definition) is 14. The van der Waals surface area contributed by atoms with Crippen molar-refractivity contribution in [1.82, 2.24) is 0 Å². The smallest absolute Gasteiger partial charge is 0.187 e. The molecule has 15 unspecified atom stereocenters. The molecule has 15 atom stereocenters. The molecule has 0 amide bonds. The molecule has 3 fully saturated rings. The van der Waals surface area contributed by atoms with E-state index >= 15 is 0 Å². The molecule has 32 heavy (non-hydrogen) atoms. The van der Waals surface area contributed by atoms with Crippen LogP contribution in [-0.4, -0.2) is 145 Å². The molecule has 0 aromatic rings. The maximum absolute atomic E-state index is 10.5. The van der Waals surface area contributed by atoms with Crippen LogP contribution < -0.4 is 0 Å². The summed E-state index contributed by atoms with van der Waals surface area (Å²) in [7, 11) is 0. The van der Waals surface area contributed by atoms with Crippen LogP contribution in [0.15, 0.2) is 0 Å². The molecule has 188 valence electrons. The third-order valence-electron chi connectivity index (χ3n) is 6.02. The van der Waals surface area contributed by atoms with E-state index in [1.165, 1.54) is 13.8 Å². The van der Waals surface area contributed by atoms with Gasteiger partial charge in [0.05, 0.1) is 18.8 Å². The molecule has 0 aromatic carbocycles. The van der Waals surface area contributed by atoms with Gasteiger partial charge in [0, 0.05) is 0 Å². The summed E-state index contributed by atoms with van der Waals surface area (Å²) < 4.78 is 27.0. The van der Waals surface area contributed by atoms with Gasteiger partial charge < -0.3 is 69.6 Å². The first-order chi connectivity index (χ1) is 15.0. The van der Waals surface area contributed by atoms with E-state index in [0.29, 0.717) is 0 Å². The van der Waals surface area contributed by atoms with Gasteiger partial charge in [-0.05, 0) is 13.8 Å². The number of ether oxygens (including phenoxy) is 5. The predicted molar refractivity (Wildman–Crippen MR) is 98.4 cm³/mol. The van der Waals surface area contributed by atoms with Crippen LogP contribution in [0.1, 0.15) is 13.8 Å². The van der Waals surface area contributed by atoms with Crippen LogP contribution in [0, 0.1) is 0 Å². The van der Waals surface area contributed by atoms with Crippen LogP contribution in [0.4, 0.5) is 0 Å². The first-order valence-electron chi connectivity index (χ1n) is 10.3. The first kappa shape index (κ1) is 26.1.